The molecule has 0 fully saturated rings. The zero-order valence-corrected chi connectivity index (χ0v) is 13.5. The van der Waals surface area contributed by atoms with E-state index in [9.17, 15) is 13.2 Å². The molecule has 2 aromatic rings. The molecule has 22 heavy (non-hydrogen) atoms. The van der Waals surface area contributed by atoms with Crippen molar-refractivity contribution < 1.29 is 13.2 Å². The van der Waals surface area contributed by atoms with Crippen molar-refractivity contribution in [1.82, 2.24) is 4.72 Å². The average molecular weight is 318 g/mol. The summed E-state index contributed by atoms with van der Waals surface area (Å²) in [6, 6.07) is 13.7. The Morgan fingerprint density at radius 1 is 1.09 bits per heavy atom. The van der Waals surface area contributed by atoms with Gasteiger partial charge in [-0.25, -0.2) is 13.1 Å². The Balaban J connectivity index is 2.44. The first-order valence-electron chi connectivity index (χ1n) is 6.74. The molecule has 116 valence electrons. The SMILES string of the molecule is CNS(=O)(=O)c1ccc(C)c(C(=O)N(C)c2ccccc2)c1. The van der Waals surface area contributed by atoms with Gasteiger partial charge in [-0.05, 0) is 43.8 Å². The fourth-order valence-corrected chi connectivity index (χ4v) is 2.82. The number of nitrogens with one attached hydrogen (secondary N) is 1. The number of aryl methyl sites for hydroxylation is 1. The maximum Gasteiger partial charge on any atom is 0.258 e. The molecule has 0 saturated heterocycles. The number of hydrogen-bond acceptors (Lipinski definition) is 3. The molecule has 0 atom stereocenters. The van der Waals surface area contributed by atoms with Gasteiger partial charge in [0.15, 0.2) is 0 Å². The molecule has 0 radical (unpaired) electrons. The lowest BCUT2D eigenvalue weighted by Gasteiger charge is -2.19. The summed E-state index contributed by atoms with van der Waals surface area (Å²) in [5, 5.41) is 0. The van der Waals surface area contributed by atoms with Gasteiger partial charge in [-0.15, -0.1) is 0 Å². The summed E-state index contributed by atoms with van der Waals surface area (Å²) < 4.78 is 26.0. The lowest BCUT2D eigenvalue weighted by molar-refractivity contribution is 0.0992. The predicted molar refractivity (Wildman–Crippen MR) is 86.6 cm³/mol. The van der Waals surface area contributed by atoms with Crippen LogP contribution in [0.15, 0.2) is 53.4 Å². The average Bonchev–Trinajstić information content (AvgIpc) is 2.54. The Morgan fingerprint density at radius 2 is 1.73 bits per heavy atom. The van der Waals surface area contributed by atoms with Gasteiger partial charge in [0.25, 0.3) is 5.91 Å². The first-order valence-corrected chi connectivity index (χ1v) is 8.22. The molecular formula is C16H18N2O3S. The van der Waals surface area contributed by atoms with Crippen molar-refractivity contribution >= 4 is 21.6 Å². The number of rotatable bonds is 4. The highest BCUT2D eigenvalue weighted by atomic mass is 32.2. The van der Waals surface area contributed by atoms with Crippen LogP contribution in [0.1, 0.15) is 15.9 Å². The molecule has 0 aromatic heterocycles. The summed E-state index contributed by atoms with van der Waals surface area (Å²) >= 11 is 0. The van der Waals surface area contributed by atoms with E-state index in [-0.39, 0.29) is 10.8 Å². The molecule has 5 nitrogen and oxygen atoms in total. The highest BCUT2D eigenvalue weighted by Gasteiger charge is 2.19. The highest BCUT2D eigenvalue weighted by molar-refractivity contribution is 7.89. The standard InChI is InChI=1S/C16H18N2O3S/c1-12-9-10-14(22(20,21)17-2)11-15(12)16(19)18(3)13-7-5-4-6-8-13/h4-11,17H,1-3H3. The molecule has 0 spiro atoms. The fourth-order valence-electron chi connectivity index (χ4n) is 2.07. The molecular weight excluding hydrogens is 300 g/mol. The van der Waals surface area contributed by atoms with Crippen LogP contribution in [0.4, 0.5) is 5.69 Å². The molecule has 0 heterocycles. The summed E-state index contributed by atoms with van der Waals surface area (Å²) in [5.41, 5.74) is 1.83. The molecule has 0 aliphatic heterocycles. The first kappa shape index (κ1) is 16.2. The van der Waals surface area contributed by atoms with Crippen molar-refractivity contribution in [2.75, 3.05) is 19.0 Å². The minimum Gasteiger partial charge on any atom is -0.311 e. The van der Waals surface area contributed by atoms with Gasteiger partial charge in [-0.2, -0.15) is 0 Å². The third-order valence-electron chi connectivity index (χ3n) is 3.47. The van der Waals surface area contributed by atoms with E-state index >= 15 is 0 Å². The molecule has 0 aliphatic carbocycles. The van der Waals surface area contributed by atoms with E-state index in [1.807, 2.05) is 30.3 Å². The van der Waals surface area contributed by atoms with Gasteiger partial charge in [-0.1, -0.05) is 24.3 Å². The van der Waals surface area contributed by atoms with Gasteiger partial charge >= 0.3 is 0 Å². The normalized spacial score (nSPS) is 11.2. The number of carbonyl (C=O) groups excluding carboxylic acids is 1. The van der Waals surface area contributed by atoms with E-state index in [1.54, 1.807) is 20.0 Å². The van der Waals surface area contributed by atoms with Crippen LogP contribution < -0.4 is 9.62 Å². The van der Waals surface area contributed by atoms with Crippen LogP contribution in [-0.2, 0) is 10.0 Å². The van der Waals surface area contributed by atoms with Crippen LogP contribution in [0.5, 0.6) is 0 Å². The van der Waals surface area contributed by atoms with Gasteiger partial charge in [0.05, 0.1) is 4.90 Å². The molecule has 6 heteroatoms. The van der Waals surface area contributed by atoms with Gasteiger partial charge in [0, 0.05) is 18.3 Å². The molecule has 1 N–H and O–H groups in total. The second-order valence-corrected chi connectivity index (χ2v) is 6.77. The van der Waals surface area contributed by atoms with Crippen molar-refractivity contribution in [2.24, 2.45) is 0 Å². The van der Waals surface area contributed by atoms with Crippen LogP contribution in [0.25, 0.3) is 0 Å². The monoisotopic (exact) mass is 318 g/mol. The van der Waals surface area contributed by atoms with E-state index < -0.39 is 10.0 Å². The van der Waals surface area contributed by atoms with E-state index in [0.717, 1.165) is 11.3 Å². The van der Waals surface area contributed by atoms with Gasteiger partial charge in [0.1, 0.15) is 0 Å². The summed E-state index contributed by atoms with van der Waals surface area (Å²) in [7, 11) is -0.579. The Kier molecular flexibility index (Phi) is 4.63. The van der Waals surface area contributed by atoms with Crippen LogP contribution in [0, 0.1) is 6.92 Å². The smallest absolute Gasteiger partial charge is 0.258 e. The van der Waals surface area contributed by atoms with E-state index in [4.69, 9.17) is 0 Å². The quantitative estimate of drug-likeness (QED) is 0.939. The maximum absolute atomic E-state index is 12.6. The van der Waals surface area contributed by atoms with Crippen LogP contribution in [0.2, 0.25) is 0 Å². The molecule has 0 aliphatic rings. The third kappa shape index (κ3) is 3.18. The minimum absolute atomic E-state index is 0.0745. The minimum atomic E-state index is -3.58. The van der Waals surface area contributed by atoms with E-state index in [0.29, 0.717) is 5.56 Å². The molecule has 0 saturated carbocycles. The second kappa shape index (κ2) is 6.29. The summed E-state index contributed by atoms with van der Waals surface area (Å²) in [4.78, 5) is 14.2. The summed E-state index contributed by atoms with van der Waals surface area (Å²) in [5.74, 6) is -0.253. The predicted octanol–water partition coefficient (Wildman–Crippen LogP) is 2.18. The first-order chi connectivity index (χ1) is 10.4. The number of anilines is 1. The van der Waals surface area contributed by atoms with E-state index in [2.05, 4.69) is 4.72 Å². The van der Waals surface area contributed by atoms with Gasteiger partial charge < -0.3 is 4.90 Å². The van der Waals surface area contributed by atoms with Crippen molar-refractivity contribution in [2.45, 2.75) is 11.8 Å². The number of carbonyl (C=O) groups is 1. The number of hydrogen-bond donors (Lipinski definition) is 1. The molecule has 0 unspecified atom stereocenters. The lowest BCUT2D eigenvalue weighted by atomic mass is 10.1. The number of sulfonamides is 1. The lowest BCUT2D eigenvalue weighted by Crippen LogP contribution is -2.27. The van der Waals surface area contributed by atoms with Crippen LogP contribution >= 0.6 is 0 Å². The summed E-state index contributed by atoms with van der Waals surface area (Å²) in [6.45, 7) is 1.78. The van der Waals surface area contributed by atoms with Crippen molar-refractivity contribution in [3.05, 3.63) is 59.7 Å². The molecule has 0 bridgehead atoms. The number of amides is 1. The largest absolute Gasteiger partial charge is 0.311 e. The van der Waals surface area contributed by atoms with Gasteiger partial charge in [0.2, 0.25) is 10.0 Å². The molecule has 2 rings (SSSR count). The highest BCUT2D eigenvalue weighted by Crippen LogP contribution is 2.20. The zero-order chi connectivity index (χ0) is 16.3. The number of para-hydroxylation sites is 1. The Hall–Kier alpha value is -2.18. The Labute approximate surface area is 130 Å². The van der Waals surface area contributed by atoms with Crippen LogP contribution in [0.3, 0.4) is 0 Å². The fraction of sp³-hybridized carbons (Fsp3) is 0.188. The zero-order valence-electron chi connectivity index (χ0n) is 12.7. The number of benzene rings is 2. The second-order valence-electron chi connectivity index (χ2n) is 4.88. The van der Waals surface area contributed by atoms with E-state index in [1.165, 1.54) is 24.1 Å². The maximum atomic E-state index is 12.6. The number of nitrogens with zero attached hydrogens (tertiary/aromatic N) is 1. The van der Waals surface area contributed by atoms with Crippen molar-refractivity contribution in [1.29, 1.82) is 0 Å². The topological polar surface area (TPSA) is 66.5 Å². The van der Waals surface area contributed by atoms with Gasteiger partial charge in [-0.3, -0.25) is 4.79 Å². The third-order valence-corrected chi connectivity index (χ3v) is 4.88. The van der Waals surface area contributed by atoms with Crippen LogP contribution in [-0.4, -0.2) is 28.4 Å². The Morgan fingerprint density at radius 3 is 2.32 bits per heavy atom. The summed E-state index contributed by atoms with van der Waals surface area (Å²) in [6.07, 6.45) is 0. The Bertz CT molecular complexity index is 786. The van der Waals surface area contributed by atoms with Crippen molar-refractivity contribution in [3.63, 3.8) is 0 Å². The molecule has 2 aromatic carbocycles. The molecule has 1 amide bonds. The van der Waals surface area contributed by atoms with Crippen molar-refractivity contribution in [3.8, 4) is 0 Å².